The number of alkyl halides is 1. The minimum atomic E-state index is -0.914. The summed E-state index contributed by atoms with van der Waals surface area (Å²) in [6, 6.07) is 11.7. The summed E-state index contributed by atoms with van der Waals surface area (Å²) < 4.78 is 5.54. The first-order chi connectivity index (χ1) is 15.3. The van der Waals surface area contributed by atoms with Gasteiger partial charge in [0.25, 0.3) is 0 Å². The van der Waals surface area contributed by atoms with Crippen molar-refractivity contribution in [2.24, 2.45) is 5.92 Å². The standard InChI is InChI=1S/C25H30Cl2N2O3/c1-16-8-13-22(32-3)21(14-16)29(23(30)15-26)24(18-9-11-19(27)12-10-18)25(31)28-20-7-5-4-6-17(20)2/h8-14,17,20,24H,4-7,15H2,1-3H3,(H,28,31)/t17-,20-,24+/m1/s1. The molecule has 0 heterocycles. The molecule has 3 atom stereocenters. The Morgan fingerprint density at radius 2 is 1.84 bits per heavy atom. The molecule has 172 valence electrons. The molecule has 1 saturated carbocycles. The lowest BCUT2D eigenvalue weighted by molar-refractivity contribution is -0.126. The molecule has 0 aliphatic heterocycles. The zero-order valence-corrected chi connectivity index (χ0v) is 20.2. The first-order valence-corrected chi connectivity index (χ1v) is 11.9. The van der Waals surface area contributed by atoms with E-state index in [1.54, 1.807) is 37.4 Å². The summed E-state index contributed by atoms with van der Waals surface area (Å²) in [6.07, 6.45) is 4.26. The summed E-state index contributed by atoms with van der Waals surface area (Å²) in [5, 5.41) is 3.77. The van der Waals surface area contributed by atoms with Gasteiger partial charge in [-0.25, -0.2) is 0 Å². The number of nitrogens with zero attached hydrogens (tertiary/aromatic N) is 1. The third-order valence-corrected chi connectivity index (χ3v) is 6.59. The van der Waals surface area contributed by atoms with Crippen LogP contribution in [0.2, 0.25) is 5.02 Å². The van der Waals surface area contributed by atoms with Crippen LogP contribution in [0.3, 0.4) is 0 Å². The van der Waals surface area contributed by atoms with Crippen LogP contribution in [0.4, 0.5) is 5.69 Å². The minimum absolute atomic E-state index is 0.0680. The molecule has 2 aromatic carbocycles. The van der Waals surface area contributed by atoms with Gasteiger partial charge >= 0.3 is 0 Å². The third kappa shape index (κ3) is 5.57. The normalized spacial score (nSPS) is 19.2. The highest BCUT2D eigenvalue weighted by atomic mass is 35.5. The minimum Gasteiger partial charge on any atom is -0.495 e. The molecule has 0 radical (unpaired) electrons. The topological polar surface area (TPSA) is 58.6 Å². The number of ether oxygens (including phenoxy) is 1. The average Bonchev–Trinajstić information content (AvgIpc) is 2.79. The summed E-state index contributed by atoms with van der Waals surface area (Å²) in [5.74, 6) is -0.0273. The van der Waals surface area contributed by atoms with Crippen molar-refractivity contribution < 1.29 is 14.3 Å². The highest BCUT2D eigenvalue weighted by Gasteiger charge is 2.36. The van der Waals surface area contributed by atoms with Gasteiger partial charge in [0.1, 0.15) is 17.7 Å². The van der Waals surface area contributed by atoms with Crippen LogP contribution in [0.15, 0.2) is 42.5 Å². The maximum Gasteiger partial charge on any atom is 0.248 e. The second kappa shape index (κ2) is 11.1. The second-order valence-electron chi connectivity index (χ2n) is 8.40. The van der Waals surface area contributed by atoms with Gasteiger partial charge in [-0.3, -0.25) is 14.5 Å². The molecule has 7 heteroatoms. The summed E-state index contributed by atoms with van der Waals surface area (Å²) in [7, 11) is 1.54. The van der Waals surface area contributed by atoms with E-state index in [4.69, 9.17) is 27.9 Å². The quantitative estimate of drug-likeness (QED) is 0.524. The number of anilines is 1. The number of hydrogen-bond donors (Lipinski definition) is 1. The van der Waals surface area contributed by atoms with Crippen LogP contribution >= 0.6 is 23.2 Å². The Bertz CT molecular complexity index is 949. The molecular weight excluding hydrogens is 447 g/mol. The van der Waals surface area contributed by atoms with Crippen molar-refractivity contribution in [1.82, 2.24) is 5.32 Å². The maximum atomic E-state index is 13.7. The largest absolute Gasteiger partial charge is 0.495 e. The number of halogens is 2. The average molecular weight is 477 g/mol. The van der Waals surface area contributed by atoms with Gasteiger partial charge < -0.3 is 10.1 Å². The number of amides is 2. The molecule has 0 unspecified atom stereocenters. The summed E-state index contributed by atoms with van der Waals surface area (Å²) in [5.41, 5.74) is 2.09. The molecule has 0 bridgehead atoms. The molecule has 0 spiro atoms. The number of carbonyl (C=O) groups excluding carboxylic acids is 2. The van der Waals surface area contributed by atoms with Gasteiger partial charge in [0.2, 0.25) is 11.8 Å². The Balaban J connectivity index is 2.10. The lowest BCUT2D eigenvalue weighted by Gasteiger charge is -2.35. The first kappa shape index (κ1) is 24.4. The van der Waals surface area contributed by atoms with E-state index in [0.29, 0.717) is 27.9 Å². The fourth-order valence-corrected chi connectivity index (χ4v) is 4.58. The van der Waals surface area contributed by atoms with Crippen LogP contribution in [0.5, 0.6) is 5.75 Å². The van der Waals surface area contributed by atoms with Crippen molar-refractivity contribution in [3.63, 3.8) is 0 Å². The van der Waals surface area contributed by atoms with Crippen molar-refractivity contribution in [1.29, 1.82) is 0 Å². The Labute approximate surface area is 200 Å². The number of carbonyl (C=O) groups is 2. The fourth-order valence-electron chi connectivity index (χ4n) is 4.33. The van der Waals surface area contributed by atoms with Crippen LogP contribution in [0, 0.1) is 12.8 Å². The lowest BCUT2D eigenvalue weighted by Crippen LogP contribution is -2.49. The van der Waals surface area contributed by atoms with Gasteiger partial charge in [-0.1, -0.05) is 49.6 Å². The molecule has 32 heavy (non-hydrogen) atoms. The maximum absolute atomic E-state index is 13.7. The molecular formula is C25H30Cl2N2O3. The van der Waals surface area contributed by atoms with E-state index in [1.807, 2.05) is 19.1 Å². The van der Waals surface area contributed by atoms with Crippen molar-refractivity contribution in [2.75, 3.05) is 17.9 Å². The number of methoxy groups -OCH3 is 1. The Morgan fingerprint density at radius 3 is 2.47 bits per heavy atom. The Morgan fingerprint density at radius 1 is 1.16 bits per heavy atom. The molecule has 1 fully saturated rings. The zero-order valence-electron chi connectivity index (χ0n) is 18.7. The van der Waals surface area contributed by atoms with Crippen LogP contribution in [-0.4, -0.2) is 30.8 Å². The van der Waals surface area contributed by atoms with Gasteiger partial charge in [0, 0.05) is 11.1 Å². The van der Waals surface area contributed by atoms with Gasteiger partial charge in [0.15, 0.2) is 0 Å². The molecule has 0 aromatic heterocycles. The number of benzene rings is 2. The van der Waals surface area contributed by atoms with E-state index < -0.39 is 6.04 Å². The molecule has 2 amide bonds. The number of rotatable bonds is 7. The van der Waals surface area contributed by atoms with E-state index in [-0.39, 0.29) is 23.7 Å². The number of hydrogen-bond acceptors (Lipinski definition) is 3. The van der Waals surface area contributed by atoms with Crippen molar-refractivity contribution >= 4 is 40.7 Å². The van der Waals surface area contributed by atoms with Gasteiger partial charge in [0.05, 0.1) is 12.8 Å². The summed E-state index contributed by atoms with van der Waals surface area (Å²) in [4.78, 5) is 28.4. The van der Waals surface area contributed by atoms with Gasteiger partial charge in [-0.05, 0) is 61.1 Å². The highest BCUT2D eigenvalue weighted by Crippen LogP contribution is 2.37. The smallest absolute Gasteiger partial charge is 0.248 e. The number of nitrogens with one attached hydrogen (secondary N) is 1. The molecule has 1 aliphatic carbocycles. The summed E-state index contributed by atoms with van der Waals surface area (Å²) in [6.45, 7) is 4.08. The molecule has 5 nitrogen and oxygen atoms in total. The van der Waals surface area contributed by atoms with E-state index >= 15 is 0 Å². The first-order valence-electron chi connectivity index (χ1n) is 10.9. The summed E-state index contributed by atoms with van der Waals surface area (Å²) >= 11 is 12.1. The SMILES string of the molecule is COc1ccc(C)cc1N(C(=O)CCl)[C@H](C(=O)N[C@@H]1CCCC[C@H]1C)c1ccc(Cl)cc1. The molecule has 2 aromatic rings. The molecule has 1 N–H and O–H groups in total. The van der Waals surface area contributed by atoms with E-state index in [0.717, 1.165) is 24.8 Å². The molecule has 0 saturated heterocycles. The lowest BCUT2D eigenvalue weighted by atomic mass is 9.85. The fraction of sp³-hybridized carbons (Fsp3) is 0.440. The van der Waals surface area contributed by atoms with Crippen molar-refractivity contribution in [2.45, 2.75) is 51.6 Å². The third-order valence-electron chi connectivity index (χ3n) is 6.11. The Kier molecular flexibility index (Phi) is 8.44. The predicted molar refractivity (Wildman–Crippen MR) is 130 cm³/mol. The van der Waals surface area contributed by atoms with Gasteiger partial charge in [-0.15, -0.1) is 11.6 Å². The van der Waals surface area contributed by atoms with Crippen LogP contribution < -0.4 is 15.0 Å². The van der Waals surface area contributed by atoms with Crippen LogP contribution in [0.1, 0.15) is 49.8 Å². The second-order valence-corrected chi connectivity index (χ2v) is 9.11. The van der Waals surface area contributed by atoms with Crippen molar-refractivity contribution in [3.8, 4) is 5.75 Å². The monoisotopic (exact) mass is 476 g/mol. The van der Waals surface area contributed by atoms with Crippen molar-refractivity contribution in [3.05, 3.63) is 58.6 Å². The predicted octanol–water partition coefficient (Wildman–Crippen LogP) is 5.67. The van der Waals surface area contributed by atoms with Crippen LogP contribution in [-0.2, 0) is 9.59 Å². The zero-order chi connectivity index (χ0) is 23.3. The van der Waals surface area contributed by atoms with Crippen LogP contribution in [0.25, 0.3) is 0 Å². The van der Waals surface area contributed by atoms with E-state index in [1.165, 1.54) is 11.3 Å². The molecule has 1 aliphatic rings. The molecule has 3 rings (SSSR count). The highest BCUT2D eigenvalue weighted by molar-refractivity contribution is 6.30. The van der Waals surface area contributed by atoms with E-state index in [2.05, 4.69) is 12.2 Å². The van der Waals surface area contributed by atoms with Gasteiger partial charge in [-0.2, -0.15) is 0 Å². The Hall–Kier alpha value is -2.24. The van der Waals surface area contributed by atoms with E-state index in [9.17, 15) is 9.59 Å². The number of aryl methyl sites for hydroxylation is 1.